The lowest BCUT2D eigenvalue weighted by molar-refractivity contribution is 0.349. The average Bonchev–Trinajstić information content (AvgIpc) is 2.44. The van der Waals surface area contributed by atoms with Crippen LogP contribution in [0.25, 0.3) is 11.3 Å². The molecule has 0 atom stereocenters. The highest BCUT2D eigenvalue weighted by Crippen LogP contribution is 2.40. The SMILES string of the molecule is COc1cc(OC)c(-c2cc(O)cc(=O)o2)cc1OC. The van der Waals surface area contributed by atoms with Crippen LogP contribution >= 0.6 is 0 Å². The van der Waals surface area contributed by atoms with Crippen LogP contribution in [-0.4, -0.2) is 26.4 Å². The Morgan fingerprint density at radius 2 is 1.50 bits per heavy atom. The zero-order valence-corrected chi connectivity index (χ0v) is 11.3. The van der Waals surface area contributed by atoms with Crippen molar-refractivity contribution in [3.05, 3.63) is 34.7 Å². The summed E-state index contributed by atoms with van der Waals surface area (Å²) in [5, 5.41) is 9.49. The molecule has 1 N–H and O–H groups in total. The van der Waals surface area contributed by atoms with Gasteiger partial charge >= 0.3 is 5.63 Å². The van der Waals surface area contributed by atoms with Gasteiger partial charge in [-0.1, -0.05) is 0 Å². The number of rotatable bonds is 4. The Morgan fingerprint density at radius 1 is 0.900 bits per heavy atom. The number of aromatic hydroxyl groups is 1. The second-order valence-corrected chi connectivity index (χ2v) is 3.91. The van der Waals surface area contributed by atoms with Gasteiger partial charge in [0.25, 0.3) is 0 Å². The molecule has 2 aromatic rings. The third kappa shape index (κ3) is 2.54. The molecule has 0 saturated heterocycles. The molecular formula is C14H14O6. The minimum absolute atomic E-state index is 0.174. The Morgan fingerprint density at radius 3 is 2.05 bits per heavy atom. The Labute approximate surface area is 115 Å². The molecule has 1 aromatic carbocycles. The largest absolute Gasteiger partial charge is 0.508 e. The van der Waals surface area contributed by atoms with Crippen LogP contribution in [0.4, 0.5) is 0 Å². The van der Waals surface area contributed by atoms with E-state index >= 15 is 0 Å². The molecule has 1 aromatic heterocycles. The van der Waals surface area contributed by atoms with E-state index in [1.165, 1.54) is 27.4 Å². The van der Waals surface area contributed by atoms with Crippen molar-refractivity contribution in [2.45, 2.75) is 0 Å². The van der Waals surface area contributed by atoms with Crippen LogP contribution in [0.15, 0.2) is 33.5 Å². The highest BCUT2D eigenvalue weighted by Gasteiger charge is 2.16. The molecular weight excluding hydrogens is 264 g/mol. The Hall–Kier alpha value is -2.63. The maximum Gasteiger partial charge on any atom is 0.339 e. The number of hydrogen-bond donors (Lipinski definition) is 1. The van der Waals surface area contributed by atoms with Crippen LogP contribution in [0, 0.1) is 0 Å². The molecule has 6 heteroatoms. The quantitative estimate of drug-likeness (QED) is 0.922. The van der Waals surface area contributed by atoms with Gasteiger partial charge in [0.2, 0.25) is 0 Å². The van der Waals surface area contributed by atoms with Crippen molar-refractivity contribution in [3.63, 3.8) is 0 Å². The van der Waals surface area contributed by atoms with Crippen molar-refractivity contribution in [3.8, 4) is 34.3 Å². The first-order valence-electron chi connectivity index (χ1n) is 5.73. The summed E-state index contributed by atoms with van der Waals surface area (Å²) in [6.07, 6.45) is 0. The maximum absolute atomic E-state index is 11.3. The average molecular weight is 278 g/mol. The van der Waals surface area contributed by atoms with E-state index < -0.39 is 5.63 Å². The lowest BCUT2D eigenvalue weighted by Gasteiger charge is -2.13. The summed E-state index contributed by atoms with van der Waals surface area (Å²) in [6, 6.07) is 5.52. The topological polar surface area (TPSA) is 78.1 Å². The van der Waals surface area contributed by atoms with Crippen molar-refractivity contribution in [1.82, 2.24) is 0 Å². The number of methoxy groups -OCH3 is 3. The van der Waals surface area contributed by atoms with Crippen molar-refractivity contribution >= 4 is 0 Å². The van der Waals surface area contributed by atoms with Crippen molar-refractivity contribution < 1.29 is 23.7 Å². The molecule has 0 spiro atoms. The third-order valence-electron chi connectivity index (χ3n) is 2.73. The Bertz CT molecular complexity index is 674. The normalized spacial score (nSPS) is 10.2. The highest BCUT2D eigenvalue weighted by molar-refractivity contribution is 5.71. The van der Waals surface area contributed by atoms with E-state index in [4.69, 9.17) is 18.6 Å². The fraction of sp³-hybridized carbons (Fsp3) is 0.214. The highest BCUT2D eigenvalue weighted by atomic mass is 16.5. The van der Waals surface area contributed by atoms with E-state index in [2.05, 4.69) is 0 Å². The van der Waals surface area contributed by atoms with Crippen LogP contribution in [-0.2, 0) is 0 Å². The van der Waals surface area contributed by atoms with Crippen LogP contribution < -0.4 is 19.8 Å². The predicted molar refractivity (Wildman–Crippen MR) is 71.7 cm³/mol. The summed E-state index contributed by atoms with van der Waals surface area (Å²) in [5.41, 5.74) is -0.185. The first-order valence-corrected chi connectivity index (χ1v) is 5.73. The van der Waals surface area contributed by atoms with Crippen molar-refractivity contribution in [2.24, 2.45) is 0 Å². The first kappa shape index (κ1) is 13.8. The number of hydrogen-bond acceptors (Lipinski definition) is 6. The van der Waals surface area contributed by atoms with E-state index in [0.29, 0.717) is 22.8 Å². The summed E-state index contributed by atoms with van der Waals surface area (Å²) in [5.74, 6) is 1.35. The zero-order chi connectivity index (χ0) is 14.7. The first-order chi connectivity index (χ1) is 9.58. The Balaban J connectivity index is 2.68. The van der Waals surface area contributed by atoms with Gasteiger partial charge in [0, 0.05) is 12.1 Å². The van der Waals surface area contributed by atoms with Crippen LogP contribution in [0.1, 0.15) is 0 Å². The second-order valence-electron chi connectivity index (χ2n) is 3.91. The van der Waals surface area contributed by atoms with Gasteiger partial charge in [0.05, 0.1) is 33.0 Å². The molecule has 0 radical (unpaired) electrons. The molecule has 106 valence electrons. The standard InChI is InChI=1S/C14H14O6/c1-17-10-7-13(19-3)12(18-2)6-9(10)11-4-8(15)5-14(16)20-11/h4-7,15H,1-3H3. The van der Waals surface area contributed by atoms with Crippen molar-refractivity contribution in [2.75, 3.05) is 21.3 Å². The third-order valence-corrected chi connectivity index (χ3v) is 2.73. The fourth-order valence-corrected chi connectivity index (χ4v) is 1.82. The van der Waals surface area contributed by atoms with E-state index in [1.54, 1.807) is 12.1 Å². The van der Waals surface area contributed by atoms with Crippen molar-refractivity contribution in [1.29, 1.82) is 0 Å². The van der Waals surface area contributed by atoms with E-state index in [-0.39, 0.29) is 11.5 Å². The lowest BCUT2D eigenvalue weighted by Crippen LogP contribution is -1.99. The van der Waals surface area contributed by atoms with Gasteiger partial charge in [-0.15, -0.1) is 0 Å². The summed E-state index contributed by atoms with van der Waals surface area (Å²) in [7, 11) is 4.48. The summed E-state index contributed by atoms with van der Waals surface area (Å²) in [4.78, 5) is 11.3. The lowest BCUT2D eigenvalue weighted by atomic mass is 10.1. The molecule has 2 rings (SSSR count). The van der Waals surface area contributed by atoms with Gasteiger partial charge in [-0.05, 0) is 6.07 Å². The molecule has 0 amide bonds. The Kier molecular flexibility index (Phi) is 3.84. The molecule has 0 bridgehead atoms. The van der Waals surface area contributed by atoms with Crippen LogP contribution in [0.5, 0.6) is 23.0 Å². The molecule has 0 aliphatic rings. The predicted octanol–water partition coefficient (Wildman–Crippen LogP) is 2.04. The van der Waals surface area contributed by atoms with Gasteiger partial charge in [-0.2, -0.15) is 0 Å². The molecule has 0 aliphatic heterocycles. The van der Waals surface area contributed by atoms with Gasteiger partial charge in [0.15, 0.2) is 11.5 Å². The van der Waals surface area contributed by atoms with Gasteiger partial charge in [-0.25, -0.2) is 4.79 Å². The minimum Gasteiger partial charge on any atom is -0.508 e. The molecule has 0 aliphatic carbocycles. The molecule has 20 heavy (non-hydrogen) atoms. The van der Waals surface area contributed by atoms with Gasteiger partial charge in [0.1, 0.15) is 17.3 Å². The van der Waals surface area contributed by atoms with E-state index in [0.717, 1.165) is 6.07 Å². The molecule has 0 unspecified atom stereocenters. The summed E-state index contributed by atoms with van der Waals surface area (Å²) < 4.78 is 20.7. The maximum atomic E-state index is 11.3. The van der Waals surface area contributed by atoms with Crippen LogP contribution in [0.2, 0.25) is 0 Å². The smallest absolute Gasteiger partial charge is 0.339 e. The minimum atomic E-state index is -0.656. The van der Waals surface area contributed by atoms with Gasteiger partial charge < -0.3 is 23.7 Å². The van der Waals surface area contributed by atoms with E-state index in [1.807, 2.05) is 0 Å². The fourth-order valence-electron chi connectivity index (χ4n) is 1.82. The molecule has 6 nitrogen and oxygen atoms in total. The number of ether oxygens (including phenoxy) is 3. The summed E-state index contributed by atoms with van der Waals surface area (Å²) >= 11 is 0. The zero-order valence-electron chi connectivity index (χ0n) is 11.3. The van der Waals surface area contributed by atoms with Gasteiger partial charge in [-0.3, -0.25) is 0 Å². The molecule has 0 fully saturated rings. The summed E-state index contributed by atoms with van der Waals surface area (Å²) in [6.45, 7) is 0. The molecule has 1 heterocycles. The molecule has 0 saturated carbocycles. The monoisotopic (exact) mass is 278 g/mol. The second kappa shape index (κ2) is 5.56. The number of benzene rings is 1. The van der Waals surface area contributed by atoms with Crippen LogP contribution in [0.3, 0.4) is 0 Å². The van der Waals surface area contributed by atoms with E-state index in [9.17, 15) is 9.90 Å².